The van der Waals surface area contributed by atoms with Gasteiger partial charge in [-0.05, 0) is 75.1 Å². The number of carbonyl (C=O) groups excluding carboxylic acids is 2. The lowest BCUT2D eigenvalue weighted by molar-refractivity contribution is -0.133. The zero-order valence-electron chi connectivity index (χ0n) is 23.2. The van der Waals surface area contributed by atoms with Crippen LogP contribution in [0.2, 0.25) is 0 Å². The quantitative estimate of drug-likeness (QED) is 0.248. The summed E-state index contributed by atoms with van der Waals surface area (Å²) in [4.78, 5) is 28.7. The van der Waals surface area contributed by atoms with Crippen LogP contribution in [0.15, 0.2) is 95.4 Å². The van der Waals surface area contributed by atoms with Crippen LogP contribution >= 0.6 is 10.6 Å². The van der Waals surface area contributed by atoms with Crippen molar-refractivity contribution in [2.75, 3.05) is 11.1 Å². The van der Waals surface area contributed by atoms with Crippen molar-refractivity contribution in [3.05, 3.63) is 119 Å². The maximum absolute atomic E-state index is 13.7. The lowest BCUT2D eigenvalue weighted by Gasteiger charge is -2.39. The Morgan fingerprint density at radius 3 is 2.30 bits per heavy atom. The Labute approximate surface area is 238 Å². The maximum atomic E-state index is 13.7. The molecule has 0 spiro atoms. The molecule has 0 atom stereocenters. The number of nitrogens with one attached hydrogen (secondary N) is 1. The van der Waals surface area contributed by atoms with E-state index in [1.807, 2.05) is 67.3 Å². The van der Waals surface area contributed by atoms with Gasteiger partial charge in [-0.2, -0.15) is 10.6 Å². The Morgan fingerprint density at radius 1 is 0.975 bits per heavy atom. The van der Waals surface area contributed by atoms with Gasteiger partial charge in [0.15, 0.2) is 0 Å². The van der Waals surface area contributed by atoms with E-state index in [1.165, 1.54) is 0 Å². The molecule has 0 bridgehead atoms. The van der Waals surface area contributed by atoms with Crippen molar-refractivity contribution in [3.8, 4) is 0 Å². The van der Waals surface area contributed by atoms with Crippen LogP contribution in [0.25, 0.3) is 0 Å². The predicted octanol–water partition coefficient (Wildman–Crippen LogP) is 7.14. The molecule has 0 aliphatic heterocycles. The van der Waals surface area contributed by atoms with Crippen LogP contribution in [0.5, 0.6) is 0 Å². The summed E-state index contributed by atoms with van der Waals surface area (Å²) >= 11 is 0. The van der Waals surface area contributed by atoms with Gasteiger partial charge in [-0.1, -0.05) is 66.8 Å². The van der Waals surface area contributed by atoms with Gasteiger partial charge in [-0.15, -0.1) is 0 Å². The third-order valence-electron chi connectivity index (χ3n) is 7.14. The number of benzene rings is 2. The average molecular weight is 557 g/mol. The monoisotopic (exact) mass is 556 g/mol. The molecular weight excluding hydrogens is 520 g/mol. The molecule has 2 amide bonds. The lowest BCUT2D eigenvalue weighted by Crippen LogP contribution is -2.45. The molecule has 7 heteroatoms. The first-order chi connectivity index (χ1) is 19.1. The number of anilines is 1. The average Bonchev–Trinajstić information content (AvgIpc) is 2.97. The molecule has 0 fully saturated rings. The van der Waals surface area contributed by atoms with Crippen molar-refractivity contribution in [3.63, 3.8) is 0 Å². The predicted molar refractivity (Wildman–Crippen MR) is 161 cm³/mol. The molecule has 0 saturated carbocycles. The van der Waals surface area contributed by atoms with Crippen LogP contribution in [0.4, 0.5) is 5.69 Å². The summed E-state index contributed by atoms with van der Waals surface area (Å²) in [7, 11) is -2.78. The third-order valence-corrected chi connectivity index (χ3v) is 8.97. The van der Waals surface area contributed by atoms with Crippen LogP contribution < -0.4 is 5.32 Å². The highest BCUT2D eigenvalue weighted by Gasteiger charge is 2.34. The fourth-order valence-electron chi connectivity index (χ4n) is 4.58. The molecule has 1 aliphatic carbocycles. The van der Waals surface area contributed by atoms with Crippen molar-refractivity contribution >= 4 is 28.1 Å². The van der Waals surface area contributed by atoms with E-state index in [1.54, 1.807) is 37.3 Å². The van der Waals surface area contributed by atoms with Gasteiger partial charge in [0.2, 0.25) is 5.91 Å². The van der Waals surface area contributed by atoms with E-state index in [4.69, 9.17) is 0 Å². The number of allylic oxidation sites excluding steroid dienone is 3. The SMILES string of the molecule is CCS(O)(O)c1ccc(CC(=O)Nc2c#cc(C(C)(C)N(Cc3ccccc3)C(=O)C3=CC=CCC3)cc2)cc1. The highest BCUT2D eigenvalue weighted by atomic mass is 32.3. The normalized spacial score (nSPS) is 13.7. The van der Waals surface area contributed by atoms with Crippen molar-refractivity contribution < 1.29 is 18.7 Å². The molecule has 6 nitrogen and oxygen atoms in total. The van der Waals surface area contributed by atoms with E-state index in [0.29, 0.717) is 23.5 Å². The summed E-state index contributed by atoms with van der Waals surface area (Å²) in [6.45, 7) is 6.18. The van der Waals surface area contributed by atoms with Crippen molar-refractivity contribution in [2.24, 2.45) is 0 Å². The van der Waals surface area contributed by atoms with E-state index in [0.717, 1.165) is 28.7 Å². The standard InChI is InChI=1S/C33H36N2O4S/c1-4-40(38,39)30-21-15-25(16-22-30)23-31(36)34-29-19-17-28(18-20-29)33(2,3)35(24-26-11-7-5-8-12-26)32(37)27-13-9-6-10-14-27/h5-9,11-13,15-17,19,21-22,38-39H,4,10,14,23-24H2,1-3H3,(H,34,36). The summed E-state index contributed by atoms with van der Waals surface area (Å²) in [5, 5.41) is 2.85. The van der Waals surface area contributed by atoms with Gasteiger partial charge < -0.3 is 10.2 Å². The summed E-state index contributed by atoms with van der Waals surface area (Å²) in [6.07, 6.45) is 7.59. The second-order valence-corrected chi connectivity index (χ2v) is 12.7. The van der Waals surface area contributed by atoms with Gasteiger partial charge in [0.25, 0.3) is 5.91 Å². The number of carbonyl (C=O) groups is 2. The summed E-state index contributed by atoms with van der Waals surface area (Å²) in [5.41, 5.74) is 3.17. The minimum Gasteiger partial charge on any atom is -0.325 e. The number of hydrogen-bond donors (Lipinski definition) is 3. The number of amides is 2. The first-order valence-corrected chi connectivity index (χ1v) is 15.1. The minimum atomic E-state index is -2.78. The second-order valence-electron chi connectivity index (χ2n) is 10.3. The Balaban J connectivity index is 1.47. The van der Waals surface area contributed by atoms with Crippen LogP contribution in [0.1, 0.15) is 50.3 Å². The van der Waals surface area contributed by atoms with Gasteiger partial charge in [-0.3, -0.25) is 18.7 Å². The Morgan fingerprint density at radius 2 is 1.70 bits per heavy atom. The molecule has 0 aromatic heterocycles. The molecule has 3 N–H and O–H groups in total. The molecule has 0 unspecified atom stereocenters. The van der Waals surface area contributed by atoms with Crippen molar-refractivity contribution in [1.82, 2.24) is 4.90 Å². The largest absolute Gasteiger partial charge is 0.325 e. The number of nitrogens with zero attached hydrogens (tertiary/aromatic N) is 1. The lowest BCUT2D eigenvalue weighted by atomic mass is 9.90. The first-order valence-electron chi connectivity index (χ1n) is 13.4. The molecule has 40 heavy (non-hydrogen) atoms. The molecule has 3 aromatic carbocycles. The van der Waals surface area contributed by atoms with Crippen molar-refractivity contribution in [2.45, 2.75) is 57.0 Å². The van der Waals surface area contributed by atoms with Gasteiger partial charge in [0.05, 0.1) is 22.5 Å². The summed E-state index contributed by atoms with van der Waals surface area (Å²) in [6, 6.07) is 26.6. The molecule has 0 heterocycles. The van der Waals surface area contributed by atoms with Crippen LogP contribution in [0.3, 0.4) is 0 Å². The first kappa shape index (κ1) is 29.2. The topological polar surface area (TPSA) is 89.9 Å². The maximum Gasteiger partial charge on any atom is 0.250 e. The highest BCUT2D eigenvalue weighted by molar-refractivity contribution is 8.24. The van der Waals surface area contributed by atoms with Crippen molar-refractivity contribution in [1.29, 1.82) is 0 Å². The van der Waals surface area contributed by atoms with Gasteiger partial charge in [0, 0.05) is 23.4 Å². The van der Waals surface area contributed by atoms with Crippen LogP contribution in [-0.2, 0) is 28.1 Å². The number of rotatable bonds is 10. The van der Waals surface area contributed by atoms with Gasteiger partial charge in [-0.25, -0.2) is 0 Å². The highest BCUT2D eigenvalue weighted by Crippen LogP contribution is 2.47. The fourth-order valence-corrected chi connectivity index (χ4v) is 5.48. The van der Waals surface area contributed by atoms with E-state index in [2.05, 4.69) is 23.5 Å². The van der Waals surface area contributed by atoms with E-state index < -0.39 is 16.1 Å². The molecule has 0 saturated heterocycles. The summed E-state index contributed by atoms with van der Waals surface area (Å²) < 4.78 is 20.1. The van der Waals surface area contributed by atoms with Gasteiger partial charge >= 0.3 is 0 Å². The zero-order chi connectivity index (χ0) is 28.8. The molecule has 208 valence electrons. The molecule has 3 aromatic rings. The van der Waals surface area contributed by atoms with E-state index in [-0.39, 0.29) is 24.0 Å². The Kier molecular flexibility index (Phi) is 9.16. The zero-order valence-corrected chi connectivity index (χ0v) is 24.0. The van der Waals surface area contributed by atoms with Crippen LogP contribution in [0, 0.1) is 12.1 Å². The molecule has 4 rings (SSSR count). The molecule has 0 radical (unpaired) electrons. The van der Waals surface area contributed by atoms with Crippen LogP contribution in [-0.4, -0.2) is 31.6 Å². The third kappa shape index (κ3) is 7.02. The number of hydrogen-bond acceptors (Lipinski definition) is 4. The van der Waals surface area contributed by atoms with Gasteiger partial charge in [0.1, 0.15) is 0 Å². The fraction of sp³-hybridized carbons (Fsp3) is 0.273. The van der Waals surface area contributed by atoms with E-state index in [9.17, 15) is 18.7 Å². The van der Waals surface area contributed by atoms with E-state index >= 15 is 0 Å². The Hall–Kier alpha value is -3.83. The molecular formula is C33H36N2O4S. The second kappa shape index (κ2) is 12.6. The Bertz CT molecular complexity index is 1380. The summed E-state index contributed by atoms with van der Waals surface area (Å²) in [5.74, 6) is 0.0270. The molecule has 1 aliphatic rings. The minimum absolute atomic E-state index is 0.00447. The smallest absolute Gasteiger partial charge is 0.250 e.